The molecular weight excluding hydrogens is 623 g/mol. The molecule has 4 heterocycles. The van der Waals surface area contributed by atoms with Crippen molar-refractivity contribution in [2.24, 2.45) is 0 Å². The predicted molar refractivity (Wildman–Crippen MR) is 210 cm³/mol. The third kappa shape index (κ3) is 4.17. The number of benzene rings is 6. The number of fused-ring (bicyclic) bond motifs is 9. The van der Waals surface area contributed by atoms with Crippen molar-refractivity contribution in [2.45, 2.75) is 12.5 Å². The van der Waals surface area contributed by atoms with Gasteiger partial charge in [-0.2, -0.15) is 0 Å². The van der Waals surface area contributed by atoms with Crippen molar-refractivity contribution in [1.29, 1.82) is 0 Å². The second-order valence-electron chi connectivity index (χ2n) is 13.4. The van der Waals surface area contributed by atoms with Crippen LogP contribution in [0.5, 0.6) is 5.75 Å². The maximum Gasteiger partial charge on any atom is 0.146 e. The summed E-state index contributed by atoms with van der Waals surface area (Å²) in [5, 5.41) is 4.94. The van der Waals surface area contributed by atoms with Gasteiger partial charge in [0.25, 0.3) is 0 Å². The number of allylic oxidation sites excluding steroid dienone is 2. The molecular formula is C47H31N3O. The van der Waals surface area contributed by atoms with Gasteiger partial charge in [-0.25, -0.2) is 0 Å². The molecule has 0 saturated carbocycles. The van der Waals surface area contributed by atoms with Crippen LogP contribution in [-0.4, -0.2) is 20.2 Å². The van der Waals surface area contributed by atoms with Crippen LogP contribution in [0.25, 0.3) is 82.8 Å². The van der Waals surface area contributed by atoms with Crippen molar-refractivity contribution < 1.29 is 4.74 Å². The van der Waals surface area contributed by atoms with E-state index in [2.05, 4.69) is 161 Å². The maximum absolute atomic E-state index is 6.34. The van der Waals surface area contributed by atoms with Crippen molar-refractivity contribution in [3.8, 4) is 33.7 Å². The molecule has 4 heteroatoms. The molecule has 1 atom stereocenters. The van der Waals surface area contributed by atoms with Crippen LogP contribution in [0.1, 0.15) is 12.1 Å². The molecule has 0 bridgehead atoms. The highest BCUT2D eigenvalue weighted by Gasteiger charge is 2.32. The fourth-order valence-corrected chi connectivity index (χ4v) is 8.47. The number of pyridine rings is 1. The van der Waals surface area contributed by atoms with E-state index in [1.165, 1.54) is 65.9 Å². The fraction of sp³-hybridized carbons (Fsp3) is 0.0426. The van der Waals surface area contributed by atoms with E-state index in [9.17, 15) is 0 Å². The lowest BCUT2D eigenvalue weighted by atomic mass is 9.91. The number of hydrogen-bond donors (Lipinski definition) is 0. The smallest absolute Gasteiger partial charge is 0.146 e. The summed E-state index contributed by atoms with van der Waals surface area (Å²) in [6.45, 7) is 0. The average molecular weight is 654 g/mol. The molecule has 240 valence electrons. The zero-order valence-corrected chi connectivity index (χ0v) is 27.7. The normalized spacial score (nSPS) is 15.2. The van der Waals surface area contributed by atoms with E-state index in [0.717, 1.165) is 34.8 Å². The van der Waals surface area contributed by atoms with Gasteiger partial charge in [0.1, 0.15) is 17.5 Å². The molecule has 2 aliphatic rings. The van der Waals surface area contributed by atoms with Crippen molar-refractivity contribution in [3.05, 3.63) is 176 Å². The Morgan fingerprint density at radius 1 is 0.569 bits per heavy atom. The van der Waals surface area contributed by atoms with E-state index in [4.69, 9.17) is 9.72 Å². The highest BCUT2D eigenvalue weighted by molar-refractivity contribution is 6.19. The zero-order chi connectivity index (χ0) is 33.5. The molecule has 0 amide bonds. The van der Waals surface area contributed by atoms with Gasteiger partial charge in [0, 0.05) is 56.7 Å². The van der Waals surface area contributed by atoms with Crippen LogP contribution in [0, 0.1) is 0 Å². The van der Waals surface area contributed by atoms with Crippen LogP contribution in [0.3, 0.4) is 0 Å². The lowest BCUT2D eigenvalue weighted by Crippen LogP contribution is -2.15. The van der Waals surface area contributed by atoms with Gasteiger partial charge in [-0.05, 0) is 71.3 Å². The molecule has 0 spiro atoms. The second-order valence-corrected chi connectivity index (χ2v) is 13.4. The Morgan fingerprint density at radius 3 is 2.10 bits per heavy atom. The first-order valence-electron chi connectivity index (χ1n) is 17.6. The Balaban J connectivity index is 1.24. The molecule has 1 unspecified atom stereocenters. The number of nitrogens with zero attached hydrogens (tertiary/aromatic N) is 3. The summed E-state index contributed by atoms with van der Waals surface area (Å²) in [6.07, 6.45) is 7.26. The molecule has 11 rings (SSSR count). The van der Waals surface area contributed by atoms with Crippen LogP contribution in [-0.2, 0) is 0 Å². The Hall–Kier alpha value is -6.65. The van der Waals surface area contributed by atoms with Gasteiger partial charge in [-0.3, -0.25) is 4.98 Å². The molecule has 51 heavy (non-hydrogen) atoms. The van der Waals surface area contributed by atoms with Crippen molar-refractivity contribution in [3.63, 3.8) is 0 Å². The van der Waals surface area contributed by atoms with Crippen LogP contribution >= 0.6 is 0 Å². The Morgan fingerprint density at radius 2 is 1.27 bits per heavy atom. The Kier molecular flexibility index (Phi) is 6.05. The number of para-hydroxylation sites is 3. The summed E-state index contributed by atoms with van der Waals surface area (Å²) < 4.78 is 11.2. The third-order valence-corrected chi connectivity index (χ3v) is 10.7. The van der Waals surface area contributed by atoms with E-state index in [-0.39, 0.29) is 6.10 Å². The van der Waals surface area contributed by atoms with Crippen LogP contribution in [0.2, 0.25) is 0 Å². The molecule has 6 aromatic carbocycles. The molecule has 9 aromatic rings. The van der Waals surface area contributed by atoms with Crippen LogP contribution < -0.4 is 4.74 Å². The standard InChI is InChI=1S/C47H31N3O/c1-3-12-30(13-4-1)34-23-24-37-35-16-7-10-19-41(35)50(33-22-26-43-39(29-33)46-44(51-43)20-11-27-48-46)47(37)45(34)31-21-25-42-38(28-31)36-17-8-9-18-40(36)49(42)32-14-5-2-6-15-32/h1-25,27-29,43H,26H2. The number of ether oxygens (including phenoxy) is 1. The van der Waals surface area contributed by atoms with E-state index in [1.807, 2.05) is 18.3 Å². The maximum atomic E-state index is 6.34. The van der Waals surface area contributed by atoms with Gasteiger partial charge in [-0.1, -0.05) is 109 Å². The Bertz CT molecular complexity index is 2910. The molecule has 1 aliphatic carbocycles. The van der Waals surface area contributed by atoms with Crippen LogP contribution in [0.4, 0.5) is 0 Å². The third-order valence-electron chi connectivity index (χ3n) is 10.7. The molecule has 3 aromatic heterocycles. The largest absolute Gasteiger partial charge is 0.483 e. The average Bonchev–Trinajstić information content (AvgIpc) is 3.85. The highest BCUT2D eigenvalue weighted by Crippen LogP contribution is 2.47. The van der Waals surface area contributed by atoms with Gasteiger partial charge in [0.05, 0.1) is 22.1 Å². The van der Waals surface area contributed by atoms with Gasteiger partial charge in [0.2, 0.25) is 0 Å². The monoisotopic (exact) mass is 653 g/mol. The lowest BCUT2D eigenvalue weighted by Gasteiger charge is -2.21. The lowest BCUT2D eigenvalue weighted by molar-refractivity contribution is 0.279. The van der Waals surface area contributed by atoms with Crippen molar-refractivity contribution in [2.75, 3.05) is 0 Å². The SMILES string of the molecule is C1=C2c3ncccc3OC2CC=C1n1c2ccccc2c2ccc(-c3ccccc3)c(-c3ccc4c(c3)c3ccccc3n4-c3ccccc3)c21. The summed E-state index contributed by atoms with van der Waals surface area (Å²) in [7, 11) is 0. The van der Waals surface area contributed by atoms with Gasteiger partial charge < -0.3 is 13.9 Å². The summed E-state index contributed by atoms with van der Waals surface area (Å²) in [4.78, 5) is 4.75. The molecule has 0 fully saturated rings. The molecule has 4 nitrogen and oxygen atoms in total. The highest BCUT2D eigenvalue weighted by atomic mass is 16.5. The van der Waals surface area contributed by atoms with Crippen LogP contribution in [0.15, 0.2) is 170 Å². The topological polar surface area (TPSA) is 32.0 Å². The quantitative estimate of drug-likeness (QED) is 0.189. The van der Waals surface area contributed by atoms with E-state index in [1.54, 1.807) is 0 Å². The second kappa shape index (κ2) is 10.9. The van der Waals surface area contributed by atoms with E-state index < -0.39 is 0 Å². The Labute approximate surface area is 294 Å². The summed E-state index contributed by atoms with van der Waals surface area (Å²) >= 11 is 0. The first-order valence-corrected chi connectivity index (χ1v) is 17.6. The van der Waals surface area contributed by atoms with Gasteiger partial charge in [-0.15, -0.1) is 0 Å². The zero-order valence-electron chi connectivity index (χ0n) is 27.7. The first kappa shape index (κ1) is 28.2. The molecule has 1 aliphatic heterocycles. The van der Waals surface area contributed by atoms with E-state index >= 15 is 0 Å². The fourth-order valence-electron chi connectivity index (χ4n) is 8.47. The summed E-state index contributed by atoms with van der Waals surface area (Å²) in [5.74, 6) is 0.862. The molecule has 0 saturated heterocycles. The predicted octanol–water partition coefficient (Wildman–Crippen LogP) is 11.7. The minimum atomic E-state index is -0.0181. The minimum absolute atomic E-state index is 0.0181. The van der Waals surface area contributed by atoms with Gasteiger partial charge in [0.15, 0.2) is 0 Å². The first-order chi connectivity index (χ1) is 25.3. The molecule has 0 radical (unpaired) electrons. The van der Waals surface area contributed by atoms with Crippen molar-refractivity contribution in [1.82, 2.24) is 14.1 Å². The molecule has 0 N–H and O–H groups in total. The summed E-state index contributed by atoms with van der Waals surface area (Å²) in [5.41, 5.74) is 14.0. The van der Waals surface area contributed by atoms with Crippen molar-refractivity contribution >= 4 is 54.9 Å². The van der Waals surface area contributed by atoms with Gasteiger partial charge >= 0.3 is 0 Å². The number of hydrogen-bond acceptors (Lipinski definition) is 2. The summed E-state index contributed by atoms with van der Waals surface area (Å²) in [6, 6.07) is 54.7. The minimum Gasteiger partial charge on any atom is -0.483 e. The number of aromatic nitrogens is 3. The number of rotatable bonds is 4. The van der Waals surface area contributed by atoms with E-state index in [0.29, 0.717) is 0 Å².